The van der Waals surface area contributed by atoms with Gasteiger partial charge < -0.3 is 0 Å². The van der Waals surface area contributed by atoms with Crippen molar-refractivity contribution >= 4 is 38.9 Å². The summed E-state index contributed by atoms with van der Waals surface area (Å²) in [5, 5.41) is 8.79. The summed E-state index contributed by atoms with van der Waals surface area (Å²) in [7, 11) is -3.87. The number of anilines is 1. The van der Waals surface area contributed by atoms with Crippen LogP contribution in [-0.2, 0) is 10.0 Å². The smallest absolute Gasteiger partial charge is 0.264 e. The predicted molar refractivity (Wildman–Crippen MR) is 76.2 cm³/mol. The molecular formula is C12H7Cl2N3O2S. The van der Waals surface area contributed by atoms with Crippen LogP contribution < -0.4 is 4.72 Å². The van der Waals surface area contributed by atoms with Crippen molar-refractivity contribution in [3.8, 4) is 6.07 Å². The van der Waals surface area contributed by atoms with Gasteiger partial charge in [-0.2, -0.15) is 5.26 Å². The van der Waals surface area contributed by atoms with Gasteiger partial charge in [-0.3, -0.25) is 4.72 Å². The minimum atomic E-state index is -3.87. The van der Waals surface area contributed by atoms with Crippen molar-refractivity contribution in [2.75, 3.05) is 4.72 Å². The molecule has 20 heavy (non-hydrogen) atoms. The molecule has 0 radical (unpaired) electrons. The van der Waals surface area contributed by atoms with Gasteiger partial charge >= 0.3 is 0 Å². The van der Waals surface area contributed by atoms with Gasteiger partial charge in [0.1, 0.15) is 16.1 Å². The van der Waals surface area contributed by atoms with E-state index in [0.717, 1.165) is 0 Å². The quantitative estimate of drug-likeness (QED) is 0.878. The number of nitrogens with zero attached hydrogens (tertiary/aromatic N) is 2. The molecule has 0 spiro atoms. The Kier molecular flexibility index (Phi) is 4.14. The van der Waals surface area contributed by atoms with Crippen molar-refractivity contribution in [1.29, 1.82) is 5.26 Å². The van der Waals surface area contributed by atoms with E-state index < -0.39 is 10.0 Å². The van der Waals surface area contributed by atoms with E-state index in [1.54, 1.807) is 0 Å². The second-order valence-electron chi connectivity index (χ2n) is 3.70. The number of sulfonamides is 1. The van der Waals surface area contributed by atoms with E-state index in [-0.39, 0.29) is 26.3 Å². The standard InChI is InChI=1S/C12H7Cl2N3O2S/c13-10-6-9(4-3-8(10)7-15)17-20(18,19)11-2-1-5-16-12(11)14/h1-6,17H. The van der Waals surface area contributed by atoms with Gasteiger partial charge in [0.2, 0.25) is 0 Å². The van der Waals surface area contributed by atoms with Gasteiger partial charge in [0.05, 0.1) is 16.3 Å². The molecule has 0 saturated heterocycles. The molecule has 0 amide bonds. The lowest BCUT2D eigenvalue weighted by Gasteiger charge is -2.09. The van der Waals surface area contributed by atoms with E-state index in [4.69, 9.17) is 28.5 Å². The van der Waals surface area contributed by atoms with Gasteiger partial charge in [-0.05, 0) is 30.3 Å². The number of nitriles is 1. The summed E-state index contributed by atoms with van der Waals surface area (Å²) in [6, 6.07) is 8.89. The predicted octanol–water partition coefficient (Wildman–Crippen LogP) is 3.06. The van der Waals surface area contributed by atoms with Gasteiger partial charge in [0.25, 0.3) is 10.0 Å². The maximum Gasteiger partial charge on any atom is 0.264 e. The average molecular weight is 328 g/mol. The normalized spacial score (nSPS) is 10.8. The number of aromatic nitrogens is 1. The molecule has 1 aromatic heterocycles. The zero-order chi connectivity index (χ0) is 14.8. The monoisotopic (exact) mass is 327 g/mol. The lowest BCUT2D eigenvalue weighted by molar-refractivity contribution is 0.601. The van der Waals surface area contributed by atoms with E-state index in [9.17, 15) is 8.42 Å². The molecule has 0 bridgehead atoms. The highest BCUT2D eigenvalue weighted by atomic mass is 35.5. The fraction of sp³-hybridized carbons (Fsp3) is 0. The first-order chi connectivity index (χ1) is 9.44. The molecule has 1 heterocycles. The van der Waals surface area contributed by atoms with Crippen molar-refractivity contribution < 1.29 is 8.42 Å². The van der Waals surface area contributed by atoms with Crippen LogP contribution >= 0.6 is 23.2 Å². The lowest BCUT2D eigenvalue weighted by Crippen LogP contribution is -2.13. The van der Waals surface area contributed by atoms with E-state index in [1.807, 2.05) is 6.07 Å². The maximum atomic E-state index is 12.1. The van der Waals surface area contributed by atoms with Gasteiger partial charge in [-0.1, -0.05) is 23.2 Å². The minimum Gasteiger partial charge on any atom is -0.279 e. The summed E-state index contributed by atoms with van der Waals surface area (Å²) in [6.45, 7) is 0. The first kappa shape index (κ1) is 14.6. The largest absolute Gasteiger partial charge is 0.279 e. The molecule has 0 saturated carbocycles. The van der Waals surface area contributed by atoms with Crippen molar-refractivity contribution in [1.82, 2.24) is 4.98 Å². The fourth-order valence-corrected chi connectivity index (χ4v) is 3.18. The van der Waals surface area contributed by atoms with Crippen LogP contribution in [0.2, 0.25) is 10.2 Å². The van der Waals surface area contributed by atoms with Crippen LogP contribution in [0.15, 0.2) is 41.4 Å². The van der Waals surface area contributed by atoms with Crippen LogP contribution in [0.25, 0.3) is 0 Å². The Morgan fingerprint density at radius 3 is 2.60 bits per heavy atom. The fourth-order valence-electron chi connectivity index (χ4n) is 1.45. The van der Waals surface area contributed by atoms with Crippen LogP contribution in [-0.4, -0.2) is 13.4 Å². The van der Waals surface area contributed by atoms with Gasteiger partial charge in [-0.15, -0.1) is 0 Å². The number of nitrogens with one attached hydrogen (secondary N) is 1. The number of hydrogen-bond acceptors (Lipinski definition) is 4. The third-order valence-corrected chi connectivity index (χ3v) is 4.49. The molecule has 5 nitrogen and oxygen atoms in total. The number of hydrogen-bond donors (Lipinski definition) is 1. The molecule has 0 unspecified atom stereocenters. The topological polar surface area (TPSA) is 82.9 Å². The van der Waals surface area contributed by atoms with Crippen LogP contribution in [0.5, 0.6) is 0 Å². The zero-order valence-electron chi connectivity index (χ0n) is 9.84. The number of halogens is 2. The summed E-state index contributed by atoms with van der Waals surface area (Å²) in [4.78, 5) is 3.57. The SMILES string of the molecule is N#Cc1ccc(NS(=O)(=O)c2cccnc2Cl)cc1Cl. The molecule has 0 aliphatic heterocycles. The maximum absolute atomic E-state index is 12.1. The second-order valence-corrected chi connectivity index (χ2v) is 6.12. The Bertz CT molecular complexity index is 801. The molecule has 1 aromatic carbocycles. The minimum absolute atomic E-state index is 0.125. The molecule has 0 aliphatic carbocycles. The summed E-state index contributed by atoms with van der Waals surface area (Å²) in [6.07, 6.45) is 1.39. The molecule has 1 N–H and O–H groups in total. The molecule has 0 fully saturated rings. The summed E-state index contributed by atoms with van der Waals surface area (Å²) in [5.74, 6) is 0. The molecule has 2 rings (SSSR count). The number of rotatable bonds is 3. The third-order valence-electron chi connectivity index (χ3n) is 2.36. The van der Waals surface area contributed by atoms with E-state index in [1.165, 1.54) is 36.5 Å². The molecule has 102 valence electrons. The van der Waals surface area contributed by atoms with E-state index in [0.29, 0.717) is 0 Å². The van der Waals surface area contributed by atoms with Gasteiger partial charge in [-0.25, -0.2) is 13.4 Å². The van der Waals surface area contributed by atoms with Crippen LogP contribution in [0, 0.1) is 11.3 Å². The van der Waals surface area contributed by atoms with Crippen LogP contribution in [0.3, 0.4) is 0 Å². The summed E-state index contributed by atoms with van der Waals surface area (Å²) >= 11 is 11.6. The first-order valence-electron chi connectivity index (χ1n) is 5.27. The van der Waals surface area contributed by atoms with Crippen molar-refractivity contribution in [2.24, 2.45) is 0 Å². The average Bonchev–Trinajstić information content (AvgIpc) is 2.38. The van der Waals surface area contributed by atoms with Crippen LogP contribution in [0.1, 0.15) is 5.56 Å². The highest BCUT2D eigenvalue weighted by Gasteiger charge is 2.18. The highest BCUT2D eigenvalue weighted by Crippen LogP contribution is 2.24. The Hall–Kier alpha value is -1.81. The van der Waals surface area contributed by atoms with Gasteiger partial charge in [0.15, 0.2) is 0 Å². The Balaban J connectivity index is 2.37. The van der Waals surface area contributed by atoms with Crippen molar-refractivity contribution in [3.05, 3.63) is 52.3 Å². The van der Waals surface area contributed by atoms with Crippen LogP contribution in [0.4, 0.5) is 5.69 Å². The number of pyridine rings is 1. The van der Waals surface area contributed by atoms with E-state index >= 15 is 0 Å². The molecule has 8 heteroatoms. The molecule has 0 atom stereocenters. The first-order valence-corrected chi connectivity index (χ1v) is 7.51. The zero-order valence-corrected chi connectivity index (χ0v) is 12.2. The molecule has 2 aromatic rings. The summed E-state index contributed by atoms with van der Waals surface area (Å²) < 4.78 is 26.6. The number of benzene rings is 1. The molecule has 0 aliphatic rings. The third kappa shape index (κ3) is 3.02. The Labute approximate surface area is 125 Å². The summed E-state index contributed by atoms with van der Waals surface area (Å²) in [5.41, 5.74) is 0.489. The lowest BCUT2D eigenvalue weighted by atomic mass is 10.2. The Morgan fingerprint density at radius 2 is 2.00 bits per heavy atom. The molecular weight excluding hydrogens is 321 g/mol. The van der Waals surface area contributed by atoms with E-state index in [2.05, 4.69) is 9.71 Å². The van der Waals surface area contributed by atoms with Crippen molar-refractivity contribution in [3.63, 3.8) is 0 Å². The van der Waals surface area contributed by atoms with Crippen molar-refractivity contribution in [2.45, 2.75) is 4.90 Å². The highest BCUT2D eigenvalue weighted by molar-refractivity contribution is 7.92. The van der Waals surface area contributed by atoms with Gasteiger partial charge in [0, 0.05) is 6.20 Å². The second kappa shape index (κ2) is 5.67. The Morgan fingerprint density at radius 1 is 1.25 bits per heavy atom.